The Kier molecular flexibility index (Phi) is 12.1. The number of nitrogens with one attached hydrogen (secondary N) is 2. The highest BCUT2D eigenvalue weighted by atomic mass is 35.5. The molecule has 4 heterocycles. The van der Waals surface area contributed by atoms with E-state index in [1.54, 1.807) is 133 Å². The lowest BCUT2D eigenvalue weighted by atomic mass is 10.2. The van der Waals surface area contributed by atoms with E-state index in [0.717, 1.165) is 41.1 Å². The molecule has 1 fully saturated rings. The predicted molar refractivity (Wildman–Crippen MR) is 253 cm³/mol. The molecule has 6 aromatic carbocycles. The standard InChI is InChI=1S/C49H36ClF2N11O5/c50-31-2-7-34(8-3-31)62(48(64)56-32-4-11-36(12-5-32)67-38-15-18-42-44(27-38)58-46(29-53-42)60-22-24-66-25-23-60)63(49(65)57-33-6-17-40(51)41(52)26-33)35-9-13-37(14-10-35)68-39-16-19-43-45(28-39)59-47(30-54-43)61-21-1-20-55-61/h1-21,26-30H,22-25H2,(H,56,64)(H,57,65). The largest absolute Gasteiger partial charge is 0.457 e. The summed E-state index contributed by atoms with van der Waals surface area (Å²) in [5, 5.41) is 12.2. The minimum absolute atomic E-state index is 0.0722. The second-order valence-electron chi connectivity index (χ2n) is 15.1. The van der Waals surface area contributed by atoms with Crippen molar-refractivity contribution in [2.24, 2.45) is 0 Å². The van der Waals surface area contributed by atoms with E-state index in [-0.39, 0.29) is 17.1 Å². The normalized spacial score (nSPS) is 12.4. The molecular weight excluding hydrogens is 896 g/mol. The van der Waals surface area contributed by atoms with Crippen LogP contribution in [0, 0.1) is 11.6 Å². The number of carbonyl (C=O) groups is 2. The van der Waals surface area contributed by atoms with Gasteiger partial charge in [-0.1, -0.05) is 11.6 Å². The Hall–Kier alpha value is -8.74. The number of fused-ring (bicyclic) bond motifs is 2. The average molecular weight is 932 g/mol. The number of hydrazine groups is 1. The van der Waals surface area contributed by atoms with E-state index < -0.39 is 23.7 Å². The molecule has 0 bridgehead atoms. The third-order valence-corrected chi connectivity index (χ3v) is 10.8. The van der Waals surface area contributed by atoms with Crippen LogP contribution in [0.4, 0.5) is 46.9 Å². The number of ether oxygens (including phenoxy) is 3. The van der Waals surface area contributed by atoms with Crippen molar-refractivity contribution in [3.8, 4) is 28.8 Å². The number of halogens is 3. The highest BCUT2D eigenvalue weighted by Crippen LogP contribution is 2.32. The Morgan fingerprint density at radius 1 is 0.603 bits per heavy atom. The maximum Gasteiger partial charge on any atom is 0.345 e. The second-order valence-corrected chi connectivity index (χ2v) is 15.6. The number of amides is 4. The van der Waals surface area contributed by atoms with Crippen LogP contribution in [0.25, 0.3) is 27.9 Å². The number of aromatic nitrogens is 6. The van der Waals surface area contributed by atoms with Gasteiger partial charge in [-0.25, -0.2) is 33.0 Å². The van der Waals surface area contributed by atoms with Gasteiger partial charge >= 0.3 is 12.1 Å². The summed E-state index contributed by atoms with van der Waals surface area (Å²) in [4.78, 5) is 49.6. The van der Waals surface area contributed by atoms with Crippen LogP contribution < -0.4 is 35.0 Å². The Morgan fingerprint density at radius 2 is 1.13 bits per heavy atom. The fraction of sp³-hybridized carbons (Fsp3) is 0.0816. The Labute approximate surface area is 390 Å². The average Bonchev–Trinajstić information content (AvgIpc) is 3.91. The number of rotatable bonds is 10. The molecule has 0 unspecified atom stereocenters. The van der Waals surface area contributed by atoms with Gasteiger partial charge in [0.2, 0.25) is 0 Å². The monoisotopic (exact) mass is 931 g/mol. The summed E-state index contributed by atoms with van der Waals surface area (Å²) in [5.74, 6) is 0.833. The molecular formula is C49H36ClF2N11O5. The number of hydrogen-bond acceptors (Lipinski definition) is 11. The minimum Gasteiger partial charge on any atom is -0.457 e. The summed E-state index contributed by atoms with van der Waals surface area (Å²) in [6.07, 6.45) is 6.77. The second kappa shape index (κ2) is 19.0. The number of anilines is 5. The zero-order valence-corrected chi connectivity index (χ0v) is 36.3. The summed E-state index contributed by atoms with van der Waals surface area (Å²) in [5.41, 5.74) is 3.27. The van der Waals surface area contributed by atoms with Crippen LogP contribution in [0.5, 0.6) is 23.0 Å². The maximum atomic E-state index is 14.6. The predicted octanol–water partition coefficient (Wildman–Crippen LogP) is 10.8. The van der Waals surface area contributed by atoms with Crippen molar-refractivity contribution in [2.75, 3.05) is 51.9 Å². The van der Waals surface area contributed by atoms with Gasteiger partial charge in [-0.3, -0.25) is 9.97 Å². The first kappa shape index (κ1) is 43.2. The van der Waals surface area contributed by atoms with Crippen LogP contribution in [0.2, 0.25) is 5.02 Å². The van der Waals surface area contributed by atoms with E-state index in [1.807, 2.05) is 12.1 Å². The van der Waals surface area contributed by atoms with Gasteiger partial charge in [-0.2, -0.15) is 15.1 Å². The number of carbonyl (C=O) groups excluding carboxylic acids is 2. The SMILES string of the molecule is O=C(Nc1ccc(Oc2ccc3ncc(N4CCOCC4)nc3c2)cc1)N(c1ccc(Cl)cc1)N(C(=O)Nc1ccc(F)c(F)c1)c1ccc(Oc2ccc3ncc(-n4cccn4)nc3c2)cc1. The molecule has 0 saturated carbocycles. The lowest BCUT2D eigenvalue weighted by Gasteiger charge is -2.34. The number of morpholine rings is 1. The van der Waals surface area contributed by atoms with Crippen LogP contribution in [-0.4, -0.2) is 68.1 Å². The molecule has 1 aliphatic rings. The lowest BCUT2D eigenvalue weighted by Crippen LogP contribution is -2.53. The van der Waals surface area contributed by atoms with E-state index in [0.29, 0.717) is 74.8 Å². The summed E-state index contributed by atoms with van der Waals surface area (Å²) < 4.78 is 47.8. The van der Waals surface area contributed by atoms with Crippen LogP contribution in [0.1, 0.15) is 0 Å². The topological polar surface area (TPSA) is 165 Å². The number of benzene rings is 6. The summed E-state index contributed by atoms with van der Waals surface area (Å²) in [6.45, 7) is 2.69. The summed E-state index contributed by atoms with van der Waals surface area (Å²) >= 11 is 6.28. The Bertz CT molecular complexity index is 3270. The number of nitrogens with zero attached hydrogens (tertiary/aromatic N) is 9. The van der Waals surface area contributed by atoms with E-state index in [4.69, 9.17) is 30.8 Å². The van der Waals surface area contributed by atoms with Gasteiger partial charge < -0.3 is 29.7 Å². The first-order valence-corrected chi connectivity index (χ1v) is 21.4. The molecule has 10 rings (SSSR count). The molecule has 9 aromatic rings. The van der Waals surface area contributed by atoms with Gasteiger partial charge in [0.25, 0.3) is 0 Å². The highest BCUT2D eigenvalue weighted by Gasteiger charge is 2.31. The van der Waals surface area contributed by atoms with Gasteiger partial charge in [0.15, 0.2) is 17.5 Å². The molecule has 68 heavy (non-hydrogen) atoms. The zero-order valence-electron chi connectivity index (χ0n) is 35.5. The third-order valence-electron chi connectivity index (χ3n) is 10.6. The smallest absolute Gasteiger partial charge is 0.345 e. The molecule has 19 heteroatoms. The molecule has 1 aliphatic heterocycles. The van der Waals surface area contributed by atoms with Crippen LogP contribution in [0.15, 0.2) is 158 Å². The molecule has 0 atom stereocenters. The van der Waals surface area contributed by atoms with E-state index in [9.17, 15) is 18.4 Å². The van der Waals surface area contributed by atoms with E-state index in [2.05, 4.69) is 35.6 Å². The lowest BCUT2D eigenvalue weighted by molar-refractivity contribution is 0.122. The van der Waals surface area contributed by atoms with Crippen molar-refractivity contribution in [3.05, 3.63) is 175 Å². The Balaban J connectivity index is 0.919. The molecule has 1 saturated heterocycles. The van der Waals surface area contributed by atoms with E-state index >= 15 is 0 Å². The zero-order chi connectivity index (χ0) is 46.6. The molecule has 16 nitrogen and oxygen atoms in total. The van der Waals surface area contributed by atoms with Gasteiger partial charge in [-0.15, -0.1) is 0 Å². The maximum absolute atomic E-state index is 14.6. The van der Waals surface area contributed by atoms with Crippen molar-refractivity contribution in [2.45, 2.75) is 0 Å². The van der Waals surface area contributed by atoms with Gasteiger partial charge in [0.1, 0.15) is 28.8 Å². The van der Waals surface area contributed by atoms with Crippen LogP contribution in [0.3, 0.4) is 0 Å². The minimum atomic E-state index is -1.18. The highest BCUT2D eigenvalue weighted by molar-refractivity contribution is 6.30. The van der Waals surface area contributed by atoms with Crippen LogP contribution >= 0.6 is 11.6 Å². The number of urea groups is 2. The molecule has 3 aromatic heterocycles. The molecule has 0 aliphatic carbocycles. The first-order valence-electron chi connectivity index (χ1n) is 21.0. The summed E-state index contributed by atoms with van der Waals surface area (Å²) in [7, 11) is 0. The van der Waals surface area contributed by atoms with Crippen molar-refractivity contribution < 1.29 is 32.6 Å². The van der Waals surface area contributed by atoms with Gasteiger partial charge in [-0.05, 0) is 115 Å². The fourth-order valence-corrected chi connectivity index (χ4v) is 7.37. The van der Waals surface area contributed by atoms with Crippen molar-refractivity contribution >= 4 is 74.3 Å². The molecule has 0 radical (unpaired) electrons. The van der Waals surface area contributed by atoms with E-state index in [1.165, 1.54) is 6.07 Å². The molecule has 0 spiro atoms. The van der Waals surface area contributed by atoms with Crippen LogP contribution in [-0.2, 0) is 4.74 Å². The first-order chi connectivity index (χ1) is 33.2. The number of hydrogen-bond donors (Lipinski definition) is 2. The molecule has 2 N–H and O–H groups in total. The third kappa shape index (κ3) is 9.62. The van der Waals surface area contributed by atoms with Crippen molar-refractivity contribution in [1.82, 2.24) is 29.7 Å². The fourth-order valence-electron chi connectivity index (χ4n) is 7.24. The summed E-state index contributed by atoms with van der Waals surface area (Å²) in [6, 6.07) is 32.8. The van der Waals surface area contributed by atoms with Crippen molar-refractivity contribution in [3.63, 3.8) is 0 Å². The quantitative estimate of drug-likeness (QED) is 0.125. The molecule has 338 valence electrons. The Morgan fingerprint density at radius 3 is 1.72 bits per heavy atom. The van der Waals surface area contributed by atoms with Crippen molar-refractivity contribution in [1.29, 1.82) is 0 Å². The molecule has 4 amide bonds. The van der Waals surface area contributed by atoms with Gasteiger partial charge in [0.05, 0.1) is 59.0 Å². The van der Waals surface area contributed by atoms with Gasteiger partial charge in [0, 0.05) is 60.1 Å².